The quantitative estimate of drug-likeness (QED) is 0.356. The molecule has 0 fully saturated rings. The lowest BCUT2D eigenvalue weighted by molar-refractivity contribution is 0.326. The molecule has 0 bridgehead atoms. The zero-order valence-electron chi connectivity index (χ0n) is 23.3. The van der Waals surface area contributed by atoms with Crippen molar-refractivity contribution >= 4 is 14.7 Å². The van der Waals surface area contributed by atoms with Crippen LogP contribution in [0.4, 0.5) is 0 Å². The molecule has 0 N–H and O–H groups in total. The van der Waals surface area contributed by atoms with Crippen LogP contribution < -0.4 is 5.19 Å². The highest BCUT2D eigenvalue weighted by Crippen LogP contribution is 2.56. The lowest BCUT2D eigenvalue weighted by Crippen LogP contribution is -2.40. The van der Waals surface area contributed by atoms with E-state index in [0.717, 1.165) is 25.7 Å². The Hall–Kier alpha value is -2.38. The molecule has 184 valence electrons. The minimum Gasteiger partial charge on any atom is -0.0837 e. The molecule has 2 aliphatic carbocycles. The molecule has 2 aromatic carbocycles. The first kappa shape index (κ1) is 25.7. The Morgan fingerprint density at radius 1 is 0.829 bits per heavy atom. The predicted octanol–water partition coefficient (Wildman–Crippen LogP) is 7.70. The number of rotatable bonds is 7. The monoisotopic (exact) mass is 480 g/mol. The highest BCUT2D eigenvalue weighted by Gasteiger charge is 2.48. The van der Waals surface area contributed by atoms with Crippen LogP contribution in [0.25, 0.3) is 0 Å². The minimum absolute atomic E-state index is 0.0192. The molecule has 0 aliphatic heterocycles. The standard InChI is InChI=1S/C34H44Si/c1-9-28-19-29(10-2)21-30(20-28)35-32-26(6)25(5)27(7)34(32,22-33(8)17-12-11-13-18-33)31-23(3)15-14-16-24(31)4/h11-17,19-21H,9-10,18,22,35H2,1-8H3. The Morgan fingerprint density at radius 3 is 2.00 bits per heavy atom. The van der Waals surface area contributed by atoms with E-state index in [1.807, 2.05) is 0 Å². The molecule has 0 saturated carbocycles. The number of allylic oxidation sites excluding steroid dienone is 8. The highest BCUT2D eigenvalue weighted by molar-refractivity contribution is 6.62. The van der Waals surface area contributed by atoms with Crippen LogP contribution >= 0.6 is 0 Å². The van der Waals surface area contributed by atoms with E-state index < -0.39 is 9.52 Å². The van der Waals surface area contributed by atoms with Crippen molar-refractivity contribution in [3.05, 3.63) is 110 Å². The SMILES string of the molecule is CCc1cc(CC)cc([SiH2]C2=C(C)C(C)=C(C)C2(CC2(C)C=CC=CC2)c2c(C)cccc2C)c1. The largest absolute Gasteiger partial charge is 0.0843 e. The second kappa shape index (κ2) is 9.94. The molecule has 2 aromatic rings. The van der Waals surface area contributed by atoms with Gasteiger partial charge >= 0.3 is 0 Å². The van der Waals surface area contributed by atoms with Crippen LogP contribution in [-0.2, 0) is 18.3 Å². The van der Waals surface area contributed by atoms with Gasteiger partial charge < -0.3 is 0 Å². The van der Waals surface area contributed by atoms with Gasteiger partial charge in [-0.1, -0.05) is 103 Å². The summed E-state index contributed by atoms with van der Waals surface area (Å²) in [5.74, 6) is 0. The summed E-state index contributed by atoms with van der Waals surface area (Å²) < 4.78 is 0. The van der Waals surface area contributed by atoms with Gasteiger partial charge in [0.25, 0.3) is 0 Å². The summed E-state index contributed by atoms with van der Waals surface area (Å²) in [7, 11) is -0.664. The van der Waals surface area contributed by atoms with Crippen molar-refractivity contribution in [3.63, 3.8) is 0 Å². The zero-order chi connectivity index (χ0) is 25.4. The molecule has 35 heavy (non-hydrogen) atoms. The van der Waals surface area contributed by atoms with Crippen molar-refractivity contribution in [1.29, 1.82) is 0 Å². The second-order valence-electron chi connectivity index (χ2n) is 11.4. The first-order chi connectivity index (χ1) is 16.6. The van der Waals surface area contributed by atoms with E-state index >= 15 is 0 Å². The Bertz CT molecular complexity index is 1210. The summed E-state index contributed by atoms with van der Waals surface area (Å²) in [6.07, 6.45) is 13.8. The maximum Gasteiger partial charge on any atom is 0.0843 e. The molecule has 0 saturated heterocycles. The maximum absolute atomic E-state index is 2.52. The fourth-order valence-electron chi connectivity index (χ4n) is 6.87. The van der Waals surface area contributed by atoms with Crippen LogP contribution in [0, 0.1) is 19.3 Å². The molecule has 0 aromatic heterocycles. The summed E-state index contributed by atoms with van der Waals surface area (Å²) in [5.41, 5.74) is 12.2. The average molecular weight is 481 g/mol. The van der Waals surface area contributed by atoms with Crippen LogP contribution in [-0.4, -0.2) is 9.52 Å². The number of aryl methyl sites for hydroxylation is 4. The summed E-state index contributed by atoms with van der Waals surface area (Å²) in [6.45, 7) is 19.0. The minimum atomic E-state index is -0.664. The Kier molecular flexibility index (Phi) is 7.30. The van der Waals surface area contributed by atoms with Gasteiger partial charge in [-0.3, -0.25) is 0 Å². The molecular formula is C34H44Si. The van der Waals surface area contributed by atoms with Crippen molar-refractivity contribution in [1.82, 2.24) is 0 Å². The fourth-order valence-corrected chi connectivity index (χ4v) is 9.41. The van der Waals surface area contributed by atoms with E-state index in [-0.39, 0.29) is 10.8 Å². The van der Waals surface area contributed by atoms with Gasteiger partial charge in [-0.15, -0.1) is 0 Å². The smallest absolute Gasteiger partial charge is 0.0837 e. The molecule has 2 aliphatic rings. The van der Waals surface area contributed by atoms with Crippen molar-refractivity contribution in [2.75, 3.05) is 0 Å². The summed E-state index contributed by atoms with van der Waals surface area (Å²) in [5, 5.41) is 3.36. The lowest BCUT2D eigenvalue weighted by Gasteiger charge is -2.44. The summed E-state index contributed by atoms with van der Waals surface area (Å²) in [4.78, 5) is 0. The van der Waals surface area contributed by atoms with Crippen LogP contribution in [0.3, 0.4) is 0 Å². The fraction of sp³-hybridized carbons (Fsp3) is 0.412. The molecule has 0 heterocycles. The zero-order valence-corrected chi connectivity index (χ0v) is 24.7. The third-order valence-corrected chi connectivity index (χ3v) is 11.3. The molecule has 0 spiro atoms. The van der Waals surface area contributed by atoms with Crippen molar-refractivity contribution < 1.29 is 0 Å². The predicted molar refractivity (Wildman–Crippen MR) is 158 cm³/mol. The van der Waals surface area contributed by atoms with Gasteiger partial charge in [0.05, 0.1) is 9.52 Å². The molecule has 0 nitrogen and oxygen atoms in total. The molecular weight excluding hydrogens is 436 g/mol. The van der Waals surface area contributed by atoms with Crippen molar-refractivity contribution in [2.45, 2.75) is 86.5 Å². The molecule has 0 radical (unpaired) electrons. The number of benzene rings is 2. The van der Waals surface area contributed by atoms with E-state index in [1.54, 1.807) is 27.1 Å². The molecule has 4 rings (SSSR count). The van der Waals surface area contributed by atoms with Crippen LogP contribution in [0.5, 0.6) is 0 Å². The second-order valence-corrected chi connectivity index (χ2v) is 13.3. The third kappa shape index (κ3) is 4.60. The maximum atomic E-state index is 2.52. The van der Waals surface area contributed by atoms with Gasteiger partial charge in [-0.05, 0) is 99.1 Å². The Morgan fingerprint density at radius 2 is 1.46 bits per heavy atom. The van der Waals surface area contributed by atoms with Crippen LogP contribution in [0.2, 0.25) is 0 Å². The highest BCUT2D eigenvalue weighted by atomic mass is 28.2. The molecule has 2 atom stereocenters. The Labute approximate surface area is 216 Å². The molecule has 0 amide bonds. The summed E-state index contributed by atoms with van der Waals surface area (Å²) in [6, 6.07) is 14.4. The van der Waals surface area contributed by atoms with E-state index in [9.17, 15) is 0 Å². The van der Waals surface area contributed by atoms with E-state index in [2.05, 4.69) is 116 Å². The Balaban J connectivity index is 1.96. The first-order valence-corrected chi connectivity index (χ1v) is 15.0. The van der Waals surface area contributed by atoms with Crippen molar-refractivity contribution in [2.24, 2.45) is 5.41 Å². The third-order valence-electron chi connectivity index (χ3n) is 8.95. The summed E-state index contributed by atoms with van der Waals surface area (Å²) >= 11 is 0. The lowest BCUT2D eigenvalue weighted by atomic mass is 9.62. The number of hydrogen-bond acceptors (Lipinski definition) is 0. The van der Waals surface area contributed by atoms with Crippen molar-refractivity contribution in [3.8, 4) is 0 Å². The van der Waals surface area contributed by atoms with Gasteiger partial charge in [0.15, 0.2) is 0 Å². The number of hydrogen-bond donors (Lipinski definition) is 0. The molecule has 2 unspecified atom stereocenters. The van der Waals surface area contributed by atoms with Gasteiger partial charge in [0, 0.05) is 5.41 Å². The van der Waals surface area contributed by atoms with Gasteiger partial charge in [-0.2, -0.15) is 0 Å². The first-order valence-electron chi connectivity index (χ1n) is 13.6. The van der Waals surface area contributed by atoms with Crippen LogP contribution in [0.1, 0.15) is 82.2 Å². The van der Waals surface area contributed by atoms with Gasteiger partial charge in [0.2, 0.25) is 0 Å². The van der Waals surface area contributed by atoms with E-state index in [4.69, 9.17) is 0 Å². The van der Waals surface area contributed by atoms with E-state index in [1.165, 1.54) is 27.8 Å². The average Bonchev–Trinajstić information content (AvgIpc) is 3.00. The molecule has 1 heteroatoms. The topological polar surface area (TPSA) is 0 Å². The normalized spacial score (nSPS) is 24.5. The van der Waals surface area contributed by atoms with E-state index in [0.29, 0.717) is 0 Å². The van der Waals surface area contributed by atoms with Gasteiger partial charge in [-0.25, -0.2) is 0 Å². The van der Waals surface area contributed by atoms with Gasteiger partial charge in [0.1, 0.15) is 0 Å². The van der Waals surface area contributed by atoms with Crippen LogP contribution in [0.15, 0.2) is 82.6 Å².